The third kappa shape index (κ3) is 3.79. The van der Waals surface area contributed by atoms with Crippen molar-refractivity contribution in [1.82, 2.24) is 15.3 Å². The molecule has 1 aromatic heterocycles. The van der Waals surface area contributed by atoms with Gasteiger partial charge in [-0.3, -0.25) is 10.1 Å². The predicted octanol–water partition coefficient (Wildman–Crippen LogP) is 2.78. The first-order chi connectivity index (χ1) is 15.3. The molecular weight excluding hydrogens is 432 g/mol. The van der Waals surface area contributed by atoms with Crippen LogP contribution >= 0.6 is 11.6 Å². The SMILES string of the molecule is Cc1cnc(OC(C(=O)O)C2(c3ccccc3)NCC(=O)N(C)c3ccc(Cl)cc32)nc1. The summed E-state index contributed by atoms with van der Waals surface area (Å²) in [5, 5.41) is 13.9. The molecule has 0 saturated carbocycles. The van der Waals surface area contributed by atoms with Gasteiger partial charge in [-0.15, -0.1) is 0 Å². The summed E-state index contributed by atoms with van der Waals surface area (Å²) in [6, 6.07) is 13.9. The van der Waals surface area contributed by atoms with Gasteiger partial charge in [0.2, 0.25) is 12.0 Å². The molecule has 0 spiro atoms. The smallest absolute Gasteiger partial charge is 0.347 e. The number of carbonyl (C=O) groups is 2. The second-order valence-electron chi connectivity index (χ2n) is 7.52. The summed E-state index contributed by atoms with van der Waals surface area (Å²) in [6.07, 6.45) is 1.56. The Balaban J connectivity index is 2.00. The molecule has 3 aromatic rings. The van der Waals surface area contributed by atoms with E-state index >= 15 is 0 Å². The molecule has 4 rings (SSSR count). The lowest BCUT2D eigenvalue weighted by molar-refractivity contribution is -0.149. The number of halogens is 1. The number of carbonyl (C=O) groups excluding carboxylic acids is 1. The number of anilines is 1. The maximum atomic E-state index is 12.8. The molecule has 2 N–H and O–H groups in total. The lowest BCUT2D eigenvalue weighted by atomic mass is 9.77. The average Bonchev–Trinajstić information content (AvgIpc) is 2.89. The van der Waals surface area contributed by atoms with E-state index < -0.39 is 17.6 Å². The number of aromatic nitrogens is 2. The number of rotatable bonds is 5. The van der Waals surface area contributed by atoms with E-state index in [4.69, 9.17) is 16.3 Å². The van der Waals surface area contributed by atoms with E-state index in [0.29, 0.717) is 21.8 Å². The number of likely N-dealkylation sites (N-methyl/N-ethyl adjacent to an activating group) is 1. The number of carboxylic acids is 1. The Bertz CT molecular complexity index is 1160. The first kappa shape index (κ1) is 21.7. The van der Waals surface area contributed by atoms with Crippen molar-refractivity contribution in [3.8, 4) is 6.01 Å². The molecule has 1 aliphatic heterocycles. The van der Waals surface area contributed by atoms with Crippen molar-refractivity contribution in [3.63, 3.8) is 0 Å². The van der Waals surface area contributed by atoms with Crippen LogP contribution in [0.1, 0.15) is 16.7 Å². The van der Waals surface area contributed by atoms with Crippen molar-refractivity contribution in [2.75, 3.05) is 18.5 Å². The minimum atomic E-state index is -1.52. The van der Waals surface area contributed by atoms with Crippen LogP contribution in [-0.2, 0) is 15.1 Å². The van der Waals surface area contributed by atoms with E-state index in [1.807, 2.05) is 13.0 Å². The van der Waals surface area contributed by atoms with Crippen LogP contribution in [-0.4, -0.2) is 46.6 Å². The molecule has 2 atom stereocenters. The van der Waals surface area contributed by atoms with Crippen LogP contribution in [0, 0.1) is 6.92 Å². The highest BCUT2D eigenvalue weighted by atomic mass is 35.5. The highest BCUT2D eigenvalue weighted by Gasteiger charge is 2.52. The van der Waals surface area contributed by atoms with Gasteiger partial charge in [-0.1, -0.05) is 41.9 Å². The molecule has 0 radical (unpaired) electrons. The average molecular weight is 453 g/mol. The Hall–Kier alpha value is -3.49. The monoisotopic (exact) mass is 452 g/mol. The molecule has 32 heavy (non-hydrogen) atoms. The second-order valence-corrected chi connectivity index (χ2v) is 7.96. The third-order valence-corrected chi connectivity index (χ3v) is 5.70. The lowest BCUT2D eigenvalue weighted by Crippen LogP contribution is -2.58. The second kappa shape index (κ2) is 8.57. The molecule has 8 nitrogen and oxygen atoms in total. The summed E-state index contributed by atoms with van der Waals surface area (Å²) in [7, 11) is 1.64. The van der Waals surface area contributed by atoms with Crippen molar-refractivity contribution >= 4 is 29.2 Å². The fourth-order valence-electron chi connectivity index (χ4n) is 3.89. The molecule has 0 saturated heterocycles. The quantitative estimate of drug-likeness (QED) is 0.613. The van der Waals surface area contributed by atoms with E-state index in [-0.39, 0.29) is 18.5 Å². The lowest BCUT2D eigenvalue weighted by Gasteiger charge is -2.39. The molecule has 2 heterocycles. The minimum Gasteiger partial charge on any atom is -0.478 e. The summed E-state index contributed by atoms with van der Waals surface area (Å²) in [6.45, 7) is 1.69. The number of ether oxygens (including phenoxy) is 1. The number of amides is 1. The molecule has 164 valence electrons. The van der Waals surface area contributed by atoms with Crippen molar-refractivity contribution in [3.05, 3.63) is 82.6 Å². The number of hydrogen-bond donors (Lipinski definition) is 2. The number of hydrogen-bond acceptors (Lipinski definition) is 6. The Morgan fingerprint density at radius 2 is 1.91 bits per heavy atom. The number of fused-ring (bicyclic) bond motifs is 1. The summed E-state index contributed by atoms with van der Waals surface area (Å²) in [5.74, 6) is -1.49. The van der Waals surface area contributed by atoms with Crippen molar-refractivity contribution in [2.24, 2.45) is 0 Å². The first-order valence-electron chi connectivity index (χ1n) is 9.88. The number of benzene rings is 2. The van der Waals surface area contributed by atoms with E-state index in [9.17, 15) is 14.7 Å². The summed E-state index contributed by atoms with van der Waals surface area (Å²) in [4.78, 5) is 35.2. The fraction of sp³-hybridized carbons (Fsp3) is 0.217. The highest BCUT2D eigenvalue weighted by molar-refractivity contribution is 6.30. The molecule has 2 unspecified atom stereocenters. The molecular formula is C23H21ClN4O4. The van der Waals surface area contributed by atoms with Gasteiger partial charge in [0.25, 0.3) is 0 Å². The molecule has 1 amide bonds. The number of aryl methyl sites for hydroxylation is 1. The maximum Gasteiger partial charge on any atom is 0.347 e. The zero-order chi connectivity index (χ0) is 22.9. The zero-order valence-electron chi connectivity index (χ0n) is 17.4. The molecule has 1 aliphatic rings. The van der Waals surface area contributed by atoms with Gasteiger partial charge in [0, 0.05) is 35.7 Å². The summed E-state index contributed by atoms with van der Waals surface area (Å²) < 4.78 is 5.89. The number of aliphatic carboxylic acids is 1. The Labute approximate surface area is 189 Å². The maximum absolute atomic E-state index is 12.8. The van der Waals surface area contributed by atoms with Crippen molar-refractivity contribution in [2.45, 2.75) is 18.6 Å². The number of nitrogens with one attached hydrogen (secondary N) is 1. The van der Waals surface area contributed by atoms with E-state index in [0.717, 1.165) is 5.56 Å². The summed E-state index contributed by atoms with van der Waals surface area (Å²) in [5.41, 5.74) is 0.934. The van der Waals surface area contributed by atoms with E-state index in [1.54, 1.807) is 61.9 Å². The van der Waals surface area contributed by atoms with E-state index in [1.165, 1.54) is 4.90 Å². The zero-order valence-corrected chi connectivity index (χ0v) is 18.2. The van der Waals surface area contributed by atoms with Gasteiger partial charge in [0.15, 0.2) is 0 Å². The van der Waals surface area contributed by atoms with Gasteiger partial charge < -0.3 is 14.7 Å². The highest BCUT2D eigenvalue weighted by Crippen LogP contribution is 2.42. The van der Waals surface area contributed by atoms with Crippen molar-refractivity contribution in [1.29, 1.82) is 0 Å². The topological polar surface area (TPSA) is 105 Å². The van der Waals surface area contributed by atoms with Crippen LogP contribution in [0.15, 0.2) is 60.9 Å². The van der Waals surface area contributed by atoms with Crippen LogP contribution in [0.3, 0.4) is 0 Å². The van der Waals surface area contributed by atoms with Gasteiger partial charge in [0.1, 0.15) is 5.54 Å². The van der Waals surface area contributed by atoms with Gasteiger partial charge in [-0.2, -0.15) is 0 Å². The standard InChI is InChI=1S/C23H21ClN4O4/c1-14-11-25-22(26-12-14)32-20(21(30)31)23(15-6-4-3-5-7-15)17-10-16(24)8-9-18(17)28(2)19(29)13-27-23/h3-12,20,27H,13H2,1-2H3,(H,30,31). The molecule has 0 fully saturated rings. The molecule has 9 heteroatoms. The van der Waals surface area contributed by atoms with Crippen LogP contribution in [0.2, 0.25) is 5.02 Å². The van der Waals surface area contributed by atoms with Crippen molar-refractivity contribution < 1.29 is 19.4 Å². The Morgan fingerprint density at radius 3 is 2.56 bits per heavy atom. The number of carboxylic acid groups (broad SMARTS) is 1. The largest absolute Gasteiger partial charge is 0.478 e. The van der Waals surface area contributed by atoms with Gasteiger partial charge in [0.05, 0.1) is 6.54 Å². The Morgan fingerprint density at radius 1 is 1.22 bits per heavy atom. The molecule has 0 bridgehead atoms. The van der Waals surface area contributed by atoms with Gasteiger partial charge >= 0.3 is 12.0 Å². The van der Waals surface area contributed by atoms with Gasteiger partial charge in [-0.25, -0.2) is 14.8 Å². The molecule has 0 aliphatic carbocycles. The molecule has 2 aromatic carbocycles. The van der Waals surface area contributed by atoms with Crippen LogP contribution in [0.4, 0.5) is 5.69 Å². The van der Waals surface area contributed by atoms with E-state index in [2.05, 4.69) is 15.3 Å². The minimum absolute atomic E-state index is 0.0902. The summed E-state index contributed by atoms with van der Waals surface area (Å²) >= 11 is 6.35. The van der Waals surface area contributed by atoms with Crippen LogP contribution < -0.4 is 15.0 Å². The van der Waals surface area contributed by atoms with Crippen LogP contribution in [0.5, 0.6) is 6.01 Å². The fourth-order valence-corrected chi connectivity index (χ4v) is 4.07. The van der Waals surface area contributed by atoms with Gasteiger partial charge in [-0.05, 0) is 36.2 Å². The van der Waals surface area contributed by atoms with Crippen LogP contribution in [0.25, 0.3) is 0 Å². The normalized spacial score (nSPS) is 19.1. The first-order valence-corrected chi connectivity index (χ1v) is 10.3. The third-order valence-electron chi connectivity index (χ3n) is 5.46. The number of nitrogens with zero attached hydrogens (tertiary/aromatic N) is 3. The Kier molecular flexibility index (Phi) is 5.82. The predicted molar refractivity (Wildman–Crippen MR) is 119 cm³/mol.